The smallest absolute Gasteiger partial charge is 0.212 e. The predicted molar refractivity (Wildman–Crippen MR) is 42.5 cm³/mol. The van der Waals surface area contributed by atoms with Crippen LogP contribution in [0.1, 0.15) is 0 Å². The number of hydrogen-bond acceptors (Lipinski definition) is 2. The molecule has 0 radical (unpaired) electrons. The summed E-state index contributed by atoms with van der Waals surface area (Å²) in [5.74, 6) is -1.78. The lowest BCUT2D eigenvalue weighted by Gasteiger charge is -1.97. The van der Waals surface area contributed by atoms with Gasteiger partial charge in [0.05, 0.1) is 14.8 Å². The molecule has 0 aliphatic rings. The van der Waals surface area contributed by atoms with E-state index in [2.05, 4.69) is 14.8 Å². The Bertz CT molecular complexity index is 402. The first-order valence-electron chi connectivity index (χ1n) is 2.81. The molecule has 12 heavy (non-hydrogen) atoms. The highest BCUT2D eigenvalue weighted by atomic mass is 79.9. The molecule has 0 unspecified atom stereocenters. The fraction of sp³-hybridized carbons (Fsp3) is 0. The first-order valence-corrected chi connectivity index (χ1v) is 6.13. The van der Waals surface area contributed by atoms with E-state index in [0.717, 1.165) is 12.1 Å². The zero-order valence-corrected chi connectivity index (χ0v) is 7.99. The SMILES string of the molecule is O=S(=O)(Br)c1cc(F)ccc1F. The van der Waals surface area contributed by atoms with Crippen molar-refractivity contribution in [2.24, 2.45) is 0 Å². The molecule has 0 atom stereocenters. The van der Waals surface area contributed by atoms with Crippen molar-refractivity contribution >= 4 is 23.1 Å². The molecule has 0 aliphatic heterocycles. The van der Waals surface area contributed by atoms with Crippen LogP contribution in [0.25, 0.3) is 0 Å². The third-order valence-corrected chi connectivity index (χ3v) is 3.04. The molecule has 0 saturated heterocycles. The maximum absolute atomic E-state index is 12.7. The topological polar surface area (TPSA) is 34.1 Å². The molecule has 0 saturated carbocycles. The Labute approximate surface area is 75.3 Å². The second-order valence-electron chi connectivity index (χ2n) is 2.01. The number of halogens is 3. The average molecular weight is 257 g/mol. The van der Waals surface area contributed by atoms with Crippen LogP contribution in [0.4, 0.5) is 8.78 Å². The van der Waals surface area contributed by atoms with Gasteiger partial charge in [-0.3, -0.25) is 0 Å². The molecule has 2 nitrogen and oxygen atoms in total. The van der Waals surface area contributed by atoms with Crippen LogP contribution in [0, 0.1) is 11.6 Å². The summed E-state index contributed by atoms with van der Waals surface area (Å²) in [5.41, 5.74) is 0. The lowest BCUT2D eigenvalue weighted by molar-refractivity contribution is 0.560. The third-order valence-electron chi connectivity index (χ3n) is 1.16. The van der Waals surface area contributed by atoms with Gasteiger partial charge in [-0.1, -0.05) is 0 Å². The number of benzene rings is 1. The van der Waals surface area contributed by atoms with Crippen molar-refractivity contribution in [2.75, 3.05) is 0 Å². The molecule has 0 aromatic heterocycles. The van der Waals surface area contributed by atoms with Gasteiger partial charge < -0.3 is 0 Å². The fourth-order valence-corrected chi connectivity index (χ4v) is 1.96. The van der Waals surface area contributed by atoms with E-state index in [9.17, 15) is 17.2 Å². The molecule has 0 spiro atoms. The summed E-state index contributed by atoms with van der Waals surface area (Å²) in [4.78, 5) is -0.692. The van der Waals surface area contributed by atoms with Crippen LogP contribution in [0.5, 0.6) is 0 Å². The van der Waals surface area contributed by atoms with E-state index in [1.54, 1.807) is 0 Å². The molecule has 0 N–H and O–H groups in total. The van der Waals surface area contributed by atoms with Gasteiger partial charge in [-0.25, -0.2) is 17.2 Å². The molecule has 6 heteroatoms. The lowest BCUT2D eigenvalue weighted by Crippen LogP contribution is -1.95. The summed E-state index contributed by atoms with van der Waals surface area (Å²) in [6.07, 6.45) is 0. The van der Waals surface area contributed by atoms with Crippen molar-refractivity contribution in [3.05, 3.63) is 29.8 Å². The molecule has 0 aliphatic carbocycles. The van der Waals surface area contributed by atoms with Crippen molar-refractivity contribution < 1.29 is 17.2 Å². The van der Waals surface area contributed by atoms with Crippen molar-refractivity contribution in [2.45, 2.75) is 4.90 Å². The largest absolute Gasteiger partial charge is 0.240 e. The Morgan fingerprint density at radius 3 is 2.25 bits per heavy atom. The number of rotatable bonds is 1. The van der Waals surface area contributed by atoms with Crippen molar-refractivity contribution in [3.8, 4) is 0 Å². The van der Waals surface area contributed by atoms with Gasteiger partial charge in [0, 0.05) is 0 Å². The molecule has 1 aromatic rings. The second kappa shape index (κ2) is 3.10. The minimum absolute atomic E-state index is 0.611. The second-order valence-corrected chi connectivity index (χ2v) is 5.89. The highest BCUT2D eigenvalue weighted by molar-refractivity contribution is 9.47. The predicted octanol–water partition coefficient (Wildman–Crippen LogP) is 2.05. The van der Waals surface area contributed by atoms with Gasteiger partial charge in [-0.2, -0.15) is 0 Å². The third kappa shape index (κ3) is 2.01. The van der Waals surface area contributed by atoms with Gasteiger partial charge in [0.25, 0.3) is 0 Å². The van der Waals surface area contributed by atoms with E-state index in [1.165, 1.54) is 0 Å². The molecule has 0 bridgehead atoms. The number of hydrogen-bond donors (Lipinski definition) is 0. The molecule has 0 amide bonds. The maximum atomic E-state index is 12.7. The first kappa shape index (κ1) is 9.60. The molecular formula is C6H3BrF2O2S. The van der Waals surface area contributed by atoms with Crippen LogP contribution in [-0.4, -0.2) is 8.42 Å². The van der Waals surface area contributed by atoms with Crippen LogP contribution < -0.4 is 0 Å². The molecule has 1 rings (SSSR count). The van der Waals surface area contributed by atoms with E-state index < -0.39 is 24.8 Å². The van der Waals surface area contributed by atoms with E-state index in [1.807, 2.05) is 0 Å². The Morgan fingerprint density at radius 1 is 1.25 bits per heavy atom. The van der Waals surface area contributed by atoms with E-state index in [4.69, 9.17) is 0 Å². The normalized spacial score (nSPS) is 11.6. The Morgan fingerprint density at radius 2 is 1.83 bits per heavy atom. The minimum atomic E-state index is -3.86. The Kier molecular flexibility index (Phi) is 2.48. The maximum Gasteiger partial charge on any atom is 0.240 e. The molecule has 1 aromatic carbocycles. The highest BCUT2D eigenvalue weighted by Crippen LogP contribution is 2.20. The van der Waals surface area contributed by atoms with Crippen LogP contribution in [0.2, 0.25) is 0 Å². The Balaban J connectivity index is 3.43. The highest BCUT2D eigenvalue weighted by Gasteiger charge is 2.15. The fourth-order valence-electron chi connectivity index (χ4n) is 0.664. The summed E-state index contributed by atoms with van der Waals surface area (Å²) in [6.45, 7) is 0. The van der Waals surface area contributed by atoms with Crippen LogP contribution in [0.3, 0.4) is 0 Å². The van der Waals surface area contributed by atoms with Gasteiger partial charge in [-0.05, 0) is 18.2 Å². The van der Waals surface area contributed by atoms with Crippen LogP contribution >= 0.6 is 14.8 Å². The zero-order chi connectivity index (χ0) is 9.35. The van der Waals surface area contributed by atoms with Gasteiger partial charge >= 0.3 is 0 Å². The molecule has 66 valence electrons. The van der Waals surface area contributed by atoms with Gasteiger partial charge in [-0.15, -0.1) is 0 Å². The standard InChI is InChI=1S/C6H3BrF2O2S/c7-12(10,11)6-3-4(8)1-2-5(6)9/h1-3H. The lowest BCUT2D eigenvalue weighted by atomic mass is 10.3. The Hall–Kier alpha value is -0.490. The van der Waals surface area contributed by atoms with Gasteiger partial charge in [0.2, 0.25) is 8.27 Å². The quantitative estimate of drug-likeness (QED) is 0.721. The van der Waals surface area contributed by atoms with Gasteiger partial charge in [0.1, 0.15) is 16.5 Å². The molecule has 0 heterocycles. The van der Waals surface area contributed by atoms with E-state index >= 15 is 0 Å². The monoisotopic (exact) mass is 256 g/mol. The van der Waals surface area contributed by atoms with Crippen LogP contribution in [0.15, 0.2) is 23.1 Å². The van der Waals surface area contributed by atoms with E-state index in [-0.39, 0.29) is 0 Å². The summed E-state index contributed by atoms with van der Waals surface area (Å²) < 4.78 is 46.5. The van der Waals surface area contributed by atoms with Crippen molar-refractivity contribution in [1.82, 2.24) is 0 Å². The van der Waals surface area contributed by atoms with Gasteiger partial charge in [0.15, 0.2) is 0 Å². The van der Waals surface area contributed by atoms with Crippen molar-refractivity contribution in [1.29, 1.82) is 0 Å². The van der Waals surface area contributed by atoms with Crippen molar-refractivity contribution in [3.63, 3.8) is 0 Å². The minimum Gasteiger partial charge on any atom is -0.212 e. The first-order chi connectivity index (χ1) is 5.41. The van der Waals surface area contributed by atoms with Crippen LogP contribution in [-0.2, 0) is 8.27 Å². The summed E-state index contributed by atoms with van der Waals surface area (Å²) in [5, 5.41) is 0. The summed E-state index contributed by atoms with van der Waals surface area (Å²) in [6, 6.07) is 2.21. The summed E-state index contributed by atoms with van der Waals surface area (Å²) >= 11 is 2.24. The zero-order valence-electron chi connectivity index (χ0n) is 5.59. The molecule has 0 fully saturated rings. The van der Waals surface area contributed by atoms with E-state index in [0.29, 0.717) is 6.07 Å². The molecular weight excluding hydrogens is 254 g/mol. The average Bonchev–Trinajstić information content (AvgIpc) is 1.92. The summed E-state index contributed by atoms with van der Waals surface area (Å²) in [7, 11) is -3.86.